The van der Waals surface area contributed by atoms with Crippen LogP contribution in [0.3, 0.4) is 0 Å². The van der Waals surface area contributed by atoms with Crippen molar-refractivity contribution < 1.29 is 9.21 Å². The fourth-order valence-electron chi connectivity index (χ4n) is 3.88. The summed E-state index contributed by atoms with van der Waals surface area (Å²) in [4.78, 5) is 17.9. The number of furan rings is 1. The Morgan fingerprint density at radius 1 is 1.30 bits per heavy atom. The topological polar surface area (TPSA) is 83.9 Å². The number of hydrogen-bond acceptors (Lipinski definition) is 3. The molecule has 0 radical (unpaired) electrons. The summed E-state index contributed by atoms with van der Waals surface area (Å²) in [6, 6.07) is 14.2. The number of hydrogen-bond donors (Lipinski definition) is 2. The van der Waals surface area contributed by atoms with Gasteiger partial charge >= 0.3 is 0 Å². The summed E-state index contributed by atoms with van der Waals surface area (Å²) in [6.45, 7) is 4.66. The van der Waals surface area contributed by atoms with Crippen LogP contribution in [0.5, 0.6) is 0 Å². The summed E-state index contributed by atoms with van der Waals surface area (Å²) in [5, 5.41) is 3.34. The van der Waals surface area contributed by atoms with Gasteiger partial charge in [0.2, 0.25) is 0 Å². The highest BCUT2D eigenvalue weighted by atomic mass is 16.3. The Bertz CT molecular complexity index is 784. The van der Waals surface area contributed by atoms with Crippen molar-refractivity contribution in [1.29, 1.82) is 0 Å². The van der Waals surface area contributed by atoms with Crippen LogP contribution in [0.1, 0.15) is 47.6 Å². The Morgan fingerprint density at radius 3 is 2.70 bits per heavy atom. The molecule has 0 aliphatic carbocycles. The molecule has 144 valence electrons. The third-order valence-corrected chi connectivity index (χ3v) is 5.32. The molecule has 6 nitrogen and oxygen atoms in total. The minimum atomic E-state index is -0.556. The van der Waals surface area contributed by atoms with Gasteiger partial charge in [-0.2, -0.15) is 0 Å². The lowest BCUT2D eigenvalue weighted by Crippen LogP contribution is -2.48. The molecule has 3 rings (SSSR count). The summed E-state index contributed by atoms with van der Waals surface area (Å²) in [5.74, 6) is 2.32. The number of primary amides is 1. The van der Waals surface area contributed by atoms with Gasteiger partial charge in [0, 0.05) is 20.1 Å². The molecule has 2 unspecified atom stereocenters. The molecule has 27 heavy (non-hydrogen) atoms. The molecule has 0 bridgehead atoms. The van der Waals surface area contributed by atoms with Crippen molar-refractivity contribution in [2.45, 2.75) is 32.2 Å². The van der Waals surface area contributed by atoms with Gasteiger partial charge in [-0.25, -0.2) is 0 Å². The number of aliphatic imine (C=N–C) groups is 1. The molecule has 1 aromatic carbocycles. The van der Waals surface area contributed by atoms with Gasteiger partial charge in [0.25, 0.3) is 5.91 Å². The fourth-order valence-corrected chi connectivity index (χ4v) is 3.88. The van der Waals surface area contributed by atoms with Gasteiger partial charge < -0.3 is 20.4 Å². The van der Waals surface area contributed by atoms with Crippen molar-refractivity contribution in [1.82, 2.24) is 10.2 Å². The van der Waals surface area contributed by atoms with Crippen molar-refractivity contribution in [2.75, 3.05) is 20.1 Å². The van der Waals surface area contributed by atoms with E-state index in [0.717, 1.165) is 31.9 Å². The predicted octanol–water partition coefficient (Wildman–Crippen LogP) is 2.97. The van der Waals surface area contributed by atoms with Gasteiger partial charge in [0.1, 0.15) is 5.76 Å². The van der Waals surface area contributed by atoms with Crippen molar-refractivity contribution in [3.63, 3.8) is 0 Å². The average Bonchev–Trinajstić information content (AvgIpc) is 3.18. The first-order valence-electron chi connectivity index (χ1n) is 9.51. The molecule has 0 saturated carbocycles. The molecular formula is C21H28N4O2. The number of nitrogens with two attached hydrogens (primary N) is 1. The number of guanidine groups is 1. The molecule has 1 aromatic heterocycles. The molecule has 3 N–H and O–H groups in total. The summed E-state index contributed by atoms with van der Waals surface area (Å²) >= 11 is 0. The molecule has 2 heterocycles. The number of nitrogens with one attached hydrogen (secondary N) is 1. The first-order valence-corrected chi connectivity index (χ1v) is 9.51. The van der Waals surface area contributed by atoms with E-state index in [4.69, 9.17) is 10.2 Å². The second-order valence-corrected chi connectivity index (χ2v) is 6.95. The van der Waals surface area contributed by atoms with Crippen LogP contribution in [0.25, 0.3) is 0 Å². The molecule has 0 spiro atoms. The van der Waals surface area contributed by atoms with Gasteiger partial charge in [-0.05, 0) is 36.0 Å². The number of piperidine rings is 1. The monoisotopic (exact) mass is 368 g/mol. The van der Waals surface area contributed by atoms with Gasteiger partial charge in [-0.3, -0.25) is 9.79 Å². The average molecular weight is 368 g/mol. The van der Waals surface area contributed by atoms with E-state index in [1.165, 1.54) is 5.56 Å². The van der Waals surface area contributed by atoms with Crippen molar-refractivity contribution >= 4 is 11.9 Å². The van der Waals surface area contributed by atoms with E-state index in [2.05, 4.69) is 52.5 Å². The van der Waals surface area contributed by atoms with E-state index in [9.17, 15) is 4.79 Å². The van der Waals surface area contributed by atoms with Gasteiger partial charge in [-0.15, -0.1) is 0 Å². The third kappa shape index (κ3) is 4.51. The Hall–Kier alpha value is -2.76. The smallest absolute Gasteiger partial charge is 0.284 e. The maximum Gasteiger partial charge on any atom is 0.284 e. The van der Waals surface area contributed by atoms with E-state index in [1.807, 2.05) is 0 Å². The highest BCUT2D eigenvalue weighted by Crippen LogP contribution is 2.34. The Balaban J connectivity index is 1.62. The maximum atomic E-state index is 11.1. The van der Waals surface area contributed by atoms with Crippen LogP contribution in [0.15, 0.2) is 51.9 Å². The lowest BCUT2D eigenvalue weighted by molar-refractivity contribution is 0.0972. The first kappa shape index (κ1) is 19.0. The molecule has 1 aliphatic rings. The second-order valence-electron chi connectivity index (χ2n) is 6.95. The summed E-state index contributed by atoms with van der Waals surface area (Å²) in [6.07, 6.45) is 2.24. The quantitative estimate of drug-likeness (QED) is 0.628. The van der Waals surface area contributed by atoms with Crippen LogP contribution in [0.2, 0.25) is 0 Å². The SMILES string of the molecule is CCC1CN(C(=NC)NCc2ccc(C(N)=O)o2)CCC1c1ccccc1. The zero-order valence-electron chi connectivity index (χ0n) is 16.0. The number of nitrogens with zero attached hydrogens (tertiary/aromatic N) is 2. The van der Waals surface area contributed by atoms with Crippen molar-refractivity contribution in [3.8, 4) is 0 Å². The van der Waals surface area contributed by atoms with Crippen LogP contribution in [0.4, 0.5) is 0 Å². The number of likely N-dealkylation sites (tertiary alicyclic amines) is 1. The normalized spacial score (nSPS) is 20.5. The zero-order chi connectivity index (χ0) is 19.2. The number of carbonyl (C=O) groups excluding carboxylic acids is 1. The second kappa shape index (κ2) is 8.75. The molecule has 1 aliphatic heterocycles. The largest absolute Gasteiger partial charge is 0.454 e. The molecule has 1 fully saturated rings. The van der Waals surface area contributed by atoms with Crippen LogP contribution in [-0.4, -0.2) is 36.9 Å². The van der Waals surface area contributed by atoms with E-state index in [-0.39, 0.29) is 5.76 Å². The van der Waals surface area contributed by atoms with E-state index in [1.54, 1.807) is 19.2 Å². The van der Waals surface area contributed by atoms with Crippen LogP contribution in [0, 0.1) is 5.92 Å². The van der Waals surface area contributed by atoms with E-state index >= 15 is 0 Å². The molecule has 2 aromatic rings. The fraction of sp³-hybridized carbons (Fsp3) is 0.429. The minimum absolute atomic E-state index is 0.177. The number of rotatable bonds is 5. The molecular weight excluding hydrogens is 340 g/mol. The van der Waals surface area contributed by atoms with Gasteiger partial charge in [-0.1, -0.05) is 43.7 Å². The highest BCUT2D eigenvalue weighted by Gasteiger charge is 2.30. The standard InChI is InChI=1S/C21H28N4O2/c1-3-15-14-25(12-11-18(15)16-7-5-4-6-8-16)21(23-2)24-13-17-9-10-19(27-17)20(22)26/h4-10,15,18H,3,11-14H2,1-2H3,(H2,22,26)(H,23,24). The van der Waals surface area contributed by atoms with Crippen molar-refractivity contribution in [3.05, 3.63) is 59.5 Å². The number of amides is 1. The van der Waals surface area contributed by atoms with Gasteiger partial charge in [0.05, 0.1) is 6.54 Å². The van der Waals surface area contributed by atoms with Crippen molar-refractivity contribution in [2.24, 2.45) is 16.6 Å². The van der Waals surface area contributed by atoms with Crippen LogP contribution in [-0.2, 0) is 6.54 Å². The first-order chi connectivity index (χ1) is 13.1. The predicted molar refractivity (Wildman–Crippen MR) is 107 cm³/mol. The lowest BCUT2D eigenvalue weighted by Gasteiger charge is -2.40. The highest BCUT2D eigenvalue weighted by molar-refractivity contribution is 5.89. The van der Waals surface area contributed by atoms with Crippen LogP contribution >= 0.6 is 0 Å². The minimum Gasteiger partial charge on any atom is -0.454 e. The zero-order valence-corrected chi connectivity index (χ0v) is 16.0. The van der Waals surface area contributed by atoms with E-state index in [0.29, 0.717) is 24.1 Å². The molecule has 2 atom stereocenters. The Morgan fingerprint density at radius 2 is 2.07 bits per heavy atom. The van der Waals surface area contributed by atoms with Gasteiger partial charge in [0.15, 0.2) is 11.7 Å². The molecule has 1 amide bonds. The molecule has 6 heteroatoms. The summed E-state index contributed by atoms with van der Waals surface area (Å²) in [5.41, 5.74) is 6.66. The number of benzene rings is 1. The summed E-state index contributed by atoms with van der Waals surface area (Å²) in [7, 11) is 1.80. The van der Waals surface area contributed by atoms with E-state index < -0.39 is 5.91 Å². The lowest BCUT2D eigenvalue weighted by atomic mass is 9.79. The Labute approximate surface area is 160 Å². The maximum absolute atomic E-state index is 11.1. The third-order valence-electron chi connectivity index (χ3n) is 5.32. The van der Waals surface area contributed by atoms with Crippen LogP contribution < -0.4 is 11.1 Å². The number of carbonyl (C=O) groups is 1. The molecule has 1 saturated heterocycles. The Kier molecular flexibility index (Phi) is 6.16. The summed E-state index contributed by atoms with van der Waals surface area (Å²) < 4.78 is 5.43.